The minimum atomic E-state index is 0.247. The minimum absolute atomic E-state index is 0.247. The molecule has 4 aliphatic rings. The van der Waals surface area contributed by atoms with Crippen molar-refractivity contribution in [3.8, 4) is 0 Å². The van der Waals surface area contributed by atoms with Gasteiger partial charge in [0.25, 0.3) is 0 Å². The number of carbonyl (C=O) groups is 1. The number of amides is 1. The molecule has 4 saturated carbocycles. The number of hydrogen-bond acceptors (Lipinski definition) is 2. The number of carbonyl (C=O) groups excluding carboxylic acids is 1. The third-order valence-electron chi connectivity index (χ3n) is 6.56. The number of hydrogen-bond donors (Lipinski definition) is 1. The van der Waals surface area contributed by atoms with Crippen LogP contribution in [0.4, 0.5) is 0 Å². The van der Waals surface area contributed by atoms with E-state index in [2.05, 4.69) is 29.8 Å². The number of thiophene rings is 1. The Morgan fingerprint density at radius 2 is 1.91 bits per heavy atom. The van der Waals surface area contributed by atoms with Crippen molar-refractivity contribution >= 4 is 17.2 Å². The highest BCUT2D eigenvalue weighted by Crippen LogP contribution is 2.61. The van der Waals surface area contributed by atoms with Crippen molar-refractivity contribution in [1.29, 1.82) is 0 Å². The van der Waals surface area contributed by atoms with Gasteiger partial charge >= 0.3 is 0 Å². The molecule has 1 N–H and O–H groups in total. The summed E-state index contributed by atoms with van der Waals surface area (Å²) in [5.41, 5.74) is 0.424. The zero-order valence-electron chi connectivity index (χ0n) is 13.5. The molecular formula is C19H27NOS. The van der Waals surface area contributed by atoms with E-state index >= 15 is 0 Å². The van der Waals surface area contributed by atoms with Gasteiger partial charge in [-0.05, 0) is 86.5 Å². The van der Waals surface area contributed by atoms with Crippen LogP contribution in [-0.4, -0.2) is 11.9 Å². The summed E-state index contributed by atoms with van der Waals surface area (Å²) in [5, 5.41) is 5.45. The first-order valence-corrected chi connectivity index (χ1v) is 9.83. The average Bonchev–Trinajstić information content (AvgIpc) is 2.97. The Labute approximate surface area is 137 Å². The molecule has 0 aromatic carbocycles. The van der Waals surface area contributed by atoms with Crippen molar-refractivity contribution in [2.75, 3.05) is 0 Å². The Hall–Kier alpha value is -0.830. The van der Waals surface area contributed by atoms with Crippen LogP contribution >= 0.6 is 11.3 Å². The highest BCUT2D eigenvalue weighted by molar-refractivity contribution is 7.09. The lowest BCUT2D eigenvalue weighted by Crippen LogP contribution is -2.55. The zero-order chi connectivity index (χ0) is 15.2. The van der Waals surface area contributed by atoms with E-state index in [0.717, 1.165) is 24.2 Å². The molecule has 4 aliphatic carbocycles. The molecule has 22 heavy (non-hydrogen) atoms. The summed E-state index contributed by atoms with van der Waals surface area (Å²) < 4.78 is 0. The third-order valence-corrected chi connectivity index (χ3v) is 7.50. The molecule has 1 aromatic heterocycles. The van der Waals surface area contributed by atoms with Gasteiger partial charge in [-0.3, -0.25) is 4.79 Å². The molecular weight excluding hydrogens is 290 g/mol. The largest absolute Gasteiger partial charge is 0.353 e. The number of nitrogens with one attached hydrogen (secondary N) is 1. The highest BCUT2D eigenvalue weighted by atomic mass is 32.1. The zero-order valence-corrected chi connectivity index (χ0v) is 14.3. The molecule has 4 bridgehead atoms. The fourth-order valence-corrected chi connectivity index (χ4v) is 6.58. The van der Waals surface area contributed by atoms with E-state index in [1.165, 1.54) is 43.4 Å². The predicted molar refractivity (Wildman–Crippen MR) is 90.8 cm³/mol. The predicted octanol–water partition coefficient (Wildman–Crippen LogP) is 4.40. The van der Waals surface area contributed by atoms with E-state index in [4.69, 9.17) is 0 Å². The summed E-state index contributed by atoms with van der Waals surface area (Å²) in [6.07, 6.45) is 10.0. The van der Waals surface area contributed by atoms with Gasteiger partial charge in [0.15, 0.2) is 0 Å². The average molecular weight is 317 g/mol. The fraction of sp³-hybridized carbons (Fsp3) is 0.737. The Balaban J connectivity index is 1.35. The van der Waals surface area contributed by atoms with E-state index in [1.807, 2.05) is 0 Å². The topological polar surface area (TPSA) is 29.1 Å². The SMILES string of the molecule is CC(NC(=O)CCc1cccs1)C12CC3CC(CC(C3)C1)C2. The lowest BCUT2D eigenvalue weighted by Gasteiger charge is -2.59. The van der Waals surface area contributed by atoms with E-state index in [0.29, 0.717) is 17.9 Å². The molecule has 2 nitrogen and oxygen atoms in total. The Bertz CT molecular complexity index is 500. The molecule has 120 valence electrons. The quantitative estimate of drug-likeness (QED) is 0.856. The maximum Gasteiger partial charge on any atom is 0.220 e. The molecule has 1 heterocycles. The summed E-state index contributed by atoms with van der Waals surface area (Å²) in [7, 11) is 0. The second-order valence-corrected chi connectivity index (χ2v) is 9.18. The van der Waals surface area contributed by atoms with Crippen molar-refractivity contribution < 1.29 is 4.79 Å². The molecule has 4 fully saturated rings. The standard InChI is InChI=1S/C19H27NOS/c1-13(20-18(21)5-4-17-3-2-6-22-17)19-10-14-7-15(11-19)9-16(8-14)12-19/h2-3,6,13-16H,4-5,7-12H2,1H3,(H,20,21). The first-order chi connectivity index (χ1) is 10.6. The van der Waals surface area contributed by atoms with E-state index in [-0.39, 0.29) is 5.91 Å². The van der Waals surface area contributed by atoms with Crippen molar-refractivity contribution in [3.63, 3.8) is 0 Å². The molecule has 0 saturated heterocycles. The highest BCUT2D eigenvalue weighted by Gasteiger charge is 2.53. The van der Waals surface area contributed by atoms with Gasteiger partial charge in [0.1, 0.15) is 0 Å². The smallest absolute Gasteiger partial charge is 0.220 e. The van der Waals surface area contributed by atoms with Crippen LogP contribution in [0.5, 0.6) is 0 Å². The molecule has 5 rings (SSSR count). The third kappa shape index (κ3) is 2.73. The van der Waals surface area contributed by atoms with Crippen LogP contribution in [-0.2, 0) is 11.2 Å². The van der Waals surface area contributed by atoms with Gasteiger partial charge in [-0.25, -0.2) is 0 Å². The van der Waals surface area contributed by atoms with Gasteiger partial charge in [-0.2, -0.15) is 0 Å². The first kappa shape index (κ1) is 14.7. The Morgan fingerprint density at radius 1 is 1.27 bits per heavy atom. The number of aryl methyl sites for hydroxylation is 1. The second kappa shape index (κ2) is 5.67. The van der Waals surface area contributed by atoms with Crippen LogP contribution in [0.15, 0.2) is 17.5 Å². The summed E-state index contributed by atoms with van der Waals surface area (Å²) in [4.78, 5) is 13.7. The van der Waals surface area contributed by atoms with Crippen LogP contribution in [0, 0.1) is 23.2 Å². The summed E-state index contributed by atoms with van der Waals surface area (Å²) in [6, 6.07) is 4.55. The molecule has 0 radical (unpaired) electrons. The molecule has 1 amide bonds. The molecule has 0 spiro atoms. The first-order valence-electron chi connectivity index (χ1n) is 8.95. The minimum Gasteiger partial charge on any atom is -0.353 e. The molecule has 1 unspecified atom stereocenters. The van der Waals surface area contributed by atoms with E-state index in [1.54, 1.807) is 11.3 Å². The molecule has 1 aromatic rings. The molecule has 0 aliphatic heterocycles. The van der Waals surface area contributed by atoms with Crippen molar-refractivity contribution in [1.82, 2.24) is 5.32 Å². The van der Waals surface area contributed by atoms with Gasteiger partial charge < -0.3 is 5.32 Å². The van der Waals surface area contributed by atoms with Crippen molar-refractivity contribution in [3.05, 3.63) is 22.4 Å². The molecule has 3 heteroatoms. The van der Waals surface area contributed by atoms with Gasteiger partial charge in [-0.15, -0.1) is 11.3 Å². The number of rotatable bonds is 5. The normalized spacial score (nSPS) is 37.2. The van der Waals surface area contributed by atoms with Gasteiger partial charge in [0, 0.05) is 17.3 Å². The Morgan fingerprint density at radius 3 is 2.45 bits per heavy atom. The van der Waals surface area contributed by atoms with Crippen LogP contribution in [0.2, 0.25) is 0 Å². The summed E-state index contributed by atoms with van der Waals surface area (Å²) >= 11 is 1.75. The second-order valence-electron chi connectivity index (χ2n) is 8.15. The van der Waals surface area contributed by atoms with Crippen molar-refractivity contribution in [2.45, 2.75) is 64.3 Å². The monoisotopic (exact) mass is 317 g/mol. The van der Waals surface area contributed by atoms with Gasteiger partial charge in [0.2, 0.25) is 5.91 Å². The van der Waals surface area contributed by atoms with E-state index < -0.39 is 0 Å². The maximum absolute atomic E-state index is 12.3. The van der Waals surface area contributed by atoms with Gasteiger partial charge in [-0.1, -0.05) is 6.07 Å². The van der Waals surface area contributed by atoms with Crippen LogP contribution in [0.1, 0.15) is 56.7 Å². The lowest BCUT2D eigenvalue weighted by molar-refractivity contribution is -0.125. The molecule has 1 atom stereocenters. The van der Waals surface area contributed by atoms with Gasteiger partial charge in [0.05, 0.1) is 0 Å². The summed E-state index contributed by atoms with van der Waals surface area (Å²) in [6.45, 7) is 2.27. The fourth-order valence-electron chi connectivity index (χ4n) is 5.87. The Kier molecular flexibility index (Phi) is 3.80. The maximum atomic E-state index is 12.3. The van der Waals surface area contributed by atoms with Crippen LogP contribution in [0.25, 0.3) is 0 Å². The van der Waals surface area contributed by atoms with E-state index in [9.17, 15) is 4.79 Å². The van der Waals surface area contributed by atoms with Crippen LogP contribution < -0.4 is 5.32 Å². The summed E-state index contributed by atoms with van der Waals surface area (Å²) in [5.74, 6) is 3.11. The van der Waals surface area contributed by atoms with Crippen molar-refractivity contribution in [2.24, 2.45) is 23.2 Å². The van der Waals surface area contributed by atoms with Crippen LogP contribution in [0.3, 0.4) is 0 Å². The lowest BCUT2D eigenvalue weighted by atomic mass is 9.48.